The molecule has 0 spiro atoms. The zero-order valence-corrected chi connectivity index (χ0v) is 9.76. The van der Waals surface area contributed by atoms with E-state index in [1.54, 1.807) is 0 Å². The van der Waals surface area contributed by atoms with E-state index in [0.717, 1.165) is 5.52 Å². The summed E-state index contributed by atoms with van der Waals surface area (Å²) in [5.74, 6) is 0. The Labute approximate surface area is 100 Å². The van der Waals surface area contributed by atoms with Gasteiger partial charge in [-0.25, -0.2) is 0 Å². The second-order valence-electron chi connectivity index (χ2n) is 3.98. The fourth-order valence-corrected chi connectivity index (χ4v) is 2.19. The molecular weight excluding hydrogens is 210 g/mol. The van der Waals surface area contributed by atoms with Crippen molar-refractivity contribution < 1.29 is 9.57 Å². The molecule has 0 fully saturated rings. The zero-order chi connectivity index (χ0) is 11.7. The van der Waals surface area contributed by atoms with Gasteiger partial charge in [-0.1, -0.05) is 30.3 Å². The van der Waals surface area contributed by atoms with Crippen molar-refractivity contribution in [3.8, 4) is 0 Å². The summed E-state index contributed by atoms with van der Waals surface area (Å²) in [5.41, 5.74) is 1.10. The van der Waals surface area contributed by atoms with Crippen LogP contribution < -0.4 is 9.57 Å². The van der Waals surface area contributed by atoms with E-state index < -0.39 is 0 Å². The van der Waals surface area contributed by atoms with Crippen molar-refractivity contribution in [3.05, 3.63) is 54.7 Å². The Balaban J connectivity index is 2.45. The Bertz CT molecular complexity index is 676. The summed E-state index contributed by atoms with van der Waals surface area (Å²) in [7, 11) is 0. The predicted molar refractivity (Wildman–Crippen MR) is 68.8 cm³/mol. The number of hydrogen-bond acceptors (Lipinski definition) is 1. The lowest BCUT2D eigenvalue weighted by atomic mass is 10.1. The van der Waals surface area contributed by atoms with Crippen LogP contribution in [0.5, 0.6) is 0 Å². The number of hydrogen-bond donors (Lipinski definition) is 0. The smallest absolute Gasteiger partial charge is 0.265 e. The molecule has 3 rings (SSSR count). The Morgan fingerprint density at radius 2 is 1.65 bits per heavy atom. The van der Waals surface area contributed by atoms with Crippen LogP contribution in [-0.4, -0.2) is 6.61 Å². The van der Waals surface area contributed by atoms with E-state index in [-0.39, 0.29) is 0 Å². The summed E-state index contributed by atoms with van der Waals surface area (Å²) < 4.78 is 1.86. The number of benzene rings is 2. The Hall–Kier alpha value is -2.09. The molecule has 17 heavy (non-hydrogen) atoms. The minimum absolute atomic E-state index is 0.660. The van der Waals surface area contributed by atoms with E-state index in [2.05, 4.69) is 36.4 Å². The number of aromatic nitrogens is 1. The van der Waals surface area contributed by atoms with Gasteiger partial charge in [0.1, 0.15) is 0 Å². The van der Waals surface area contributed by atoms with E-state index >= 15 is 0 Å². The fraction of sp³-hybridized carbons (Fsp3) is 0.133. The third-order valence-electron chi connectivity index (χ3n) is 2.92. The van der Waals surface area contributed by atoms with Crippen LogP contribution in [0.2, 0.25) is 0 Å². The average Bonchev–Trinajstić information content (AvgIpc) is 2.39. The van der Waals surface area contributed by atoms with Crippen LogP contribution in [0.1, 0.15) is 6.92 Å². The van der Waals surface area contributed by atoms with Crippen LogP contribution in [0.3, 0.4) is 0 Å². The molecule has 2 aromatic carbocycles. The van der Waals surface area contributed by atoms with Gasteiger partial charge >= 0.3 is 0 Å². The second kappa shape index (κ2) is 4.06. The lowest BCUT2D eigenvalue weighted by molar-refractivity contribution is -0.870. The standard InChI is InChI=1S/C15H14NO/c1-2-17-16-11-12-7-3-4-8-13(12)14-9-5-6-10-15(14)16/h3-11H,2H2,1H3/q+1. The summed E-state index contributed by atoms with van der Waals surface area (Å²) in [6, 6.07) is 16.7. The van der Waals surface area contributed by atoms with Crippen LogP contribution >= 0.6 is 0 Å². The fourth-order valence-electron chi connectivity index (χ4n) is 2.19. The summed E-state index contributed by atoms with van der Waals surface area (Å²) >= 11 is 0. The number of pyridine rings is 1. The molecule has 3 aromatic rings. The SMILES string of the molecule is CCO[n+]1cc2ccccc2c2ccccc21. The summed E-state index contributed by atoms with van der Waals surface area (Å²) in [6.45, 7) is 2.66. The van der Waals surface area contributed by atoms with Crippen molar-refractivity contribution in [2.24, 2.45) is 0 Å². The van der Waals surface area contributed by atoms with E-state index in [0.29, 0.717) is 6.61 Å². The van der Waals surface area contributed by atoms with Crippen LogP contribution in [-0.2, 0) is 0 Å². The molecule has 1 aromatic heterocycles. The molecule has 0 N–H and O–H groups in total. The number of para-hydroxylation sites is 1. The zero-order valence-electron chi connectivity index (χ0n) is 9.76. The van der Waals surface area contributed by atoms with Crippen LogP contribution in [0.25, 0.3) is 21.7 Å². The molecule has 2 nitrogen and oxygen atoms in total. The molecular formula is C15H14NO+. The minimum Gasteiger partial charge on any atom is -0.271 e. The van der Waals surface area contributed by atoms with E-state index in [4.69, 9.17) is 4.84 Å². The van der Waals surface area contributed by atoms with Crippen molar-refractivity contribution in [1.29, 1.82) is 0 Å². The first-order chi connectivity index (χ1) is 8.40. The maximum atomic E-state index is 5.64. The largest absolute Gasteiger partial charge is 0.271 e. The molecule has 2 heteroatoms. The third-order valence-corrected chi connectivity index (χ3v) is 2.92. The van der Waals surface area contributed by atoms with E-state index in [9.17, 15) is 0 Å². The molecule has 0 saturated carbocycles. The van der Waals surface area contributed by atoms with Crippen LogP contribution in [0.4, 0.5) is 0 Å². The van der Waals surface area contributed by atoms with Crippen molar-refractivity contribution in [2.45, 2.75) is 6.92 Å². The summed E-state index contributed by atoms with van der Waals surface area (Å²) in [4.78, 5) is 5.64. The minimum atomic E-state index is 0.660. The van der Waals surface area contributed by atoms with Gasteiger partial charge < -0.3 is 0 Å². The quantitative estimate of drug-likeness (QED) is 0.482. The van der Waals surface area contributed by atoms with Gasteiger partial charge in [0.05, 0.1) is 10.8 Å². The molecule has 0 bridgehead atoms. The van der Waals surface area contributed by atoms with Gasteiger partial charge in [0.25, 0.3) is 5.52 Å². The Kier molecular flexibility index (Phi) is 2.41. The van der Waals surface area contributed by atoms with Crippen molar-refractivity contribution in [1.82, 2.24) is 0 Å². The topological polar surface area (TPSA) is 13.1 Å². The molecule has 0 saturated heterocycles. The van der Waals surface area contributed by atoms with Crippen LogP contribution in [0, 0.1) is 0 Å². The number of nitrogens with zero attached hydrogens (tertiary/aromatic N) is 1. The van der Waals surface area contributed by atoms with Gasteiger partial charge in [-0.2, -0.15) is 0 Å². The van der Waals surface area contributed by atoms with Gasteiger partial charge in [0.15, 0.2) is 6.61 Å². The normalized spacial score (nSPS) is 10.9. The van der Waals surface area contributed by atoms with Gasteiger partial charge in [-0.3, -0.25) is 4.84 Å². The summed E-state index contributed by atoms with van der Waals surface area (Å²) in [5, 5.41) is 3.68. The summed E-state index contributed by atoms with van der Waals surface area (Å²) in [6.07, 6.45) is 2.04. The van der Waals surface area contributed by atoms with Crippen LogP contribution in [0.15, 0.2) is 54.7 Å². The molecule has 0 atom stereocenters. The highest BCUT2D eigenvalue weighted by atomic mass is 16.7. The van der Waals surface area contributed by atoms with Gasteiger partial charge in [-0.05, 0) is 19.1 Å². The lowest BCUT2D eigenvalue weighted by Crippen LogP contribution is -2.42. The monoisotopic (exact) mass is 224 g/mol. The lowest BCUT2D eigenvalue weighted by Gasteiger charge is -2.03. The highest BCUT2D eigenvalue weighted by Crippen LogP contribution is 2.21. The predicted octanol–water partition coefficient (Wildman–Crippen LogP) is 2.73. The molecule has 0 unspecified atom stereocenters. The van der Waals surface area contributed by atoms with Crippen molar-refractivity contribution in [3.63, 3.8) is 0 Å². The van der Waals surface area contributed by atoms with Crippen molar-refractivity contribution in [2.75, 3.05) is 6.61 Å². The average molecular weight is 224 g/mol. The Morgan fingerprint density at radius 3 is 2.47 bits per heavy atom. The molecule has 0 aliphatic heterocycles. The first-order valence-electron chi connectivity index (χ1n) is 5.85. The molecule has 0 radical (unpaired) electrons. The molecule has 84 valence electrons. The third kappa shape index (κ3) is 1.62. The number of rotatable bonds is 2. The maximum absolute atomic E-state index is 5.64. The molecule has 1 heterocycles. The molecule has 0 aliphatic rings. The van der Waals surface area contributed by atoms with Gasteiger partial charge in [0, 0.05) is 16.2 Å². The van der Waals surface area contributed by atoms with Gasteiger partial charge in [0.2, 0.25) is 6.20 Å². The van der Waals surface area contributed by atoms with Crippen molar-refractivity contribution >= 4 is 21.7 Å². The first kappa shape index (κ1) is 10.1. The number of fused-ring (bicyclic) bond motifs is 3. The van der Waals surface area contributed by atoms with E-state index in [1.165, 1.54) is 16.2 Å². The van der Waals surface area contributed by atoms with Gasteiger partial charge in [-0.15, -0.1) is 0 Å². The molecule has 0 amide bonds. The maximum Gasteiger partial charge on any atom is 0.265 e. The molecule has 0 aliphatic carbocycles. The Morgan fingerprint density at radius 1 is 0.941 bits per heavy atom. The highest BCUT2D eigenvalue weighted by Gasteiger charge is 2.13. The van der Waals surface area contributed by atoms with E-state index in [1.807, 2.05) is 30.0 Å². The first-order valence-corrected chi connectivity index (χ1v) is 5.85. The highest BCUT2D eigenvalue weighted by molar-refractivity contribution is 6.03. The second-order valence-corrected chi connectivity index (χ2v) is 3.98.